The number of piperidine rings is 1. The van der Waals surface area contributed by atoms with Gasteiger partial charge >= 0.3 is 0 Å². The van der Waals surface area contributed by atoms with Crippen molar-refractivity contribution in [1.82, 2.24) is 4.90 Å². The highest BCUT2D eigenvalue weighted by atomic mass is 32.2. The van der Waals surface area contributed by atoms with Crippen LogP contribution in [0.15, 0.2) is 0 Å². The van der Waals surface area contributed by atoms with E-state index < -0.39 is 9.84 Å². The molecule has 4 unspecified atom stereocenters. The zero-order chi connectivity index (χ0) is 14.0. The smallest absolute Gasteiger partial charge is 0.150 e. The third-order valence-electron chi connectivity index (χ3n) is 4.99. The lowest BCUT2D eigenvalue weighted by Crippen LogP contribution is -2.55. The zero-order valence-electron chi connectivity index (χ0n) is 12.2. The first-order valence-electron chi connectivity index (χ1n) is 7.60. The van der Waals surface area contributed by atoms with Crippen molar-refractivity contribution in [2.24, 2.45) is 5.73 Å². The fourth-order valence-electron chi connectivity index (χ4n) is 3.98. The van der Waals surface area contributed by atoms with E-state index in [0.29, 0.717) is 24.7 Å². The van der Waals surface area contributed by atoms with Gasteiger partial charge in [0.05, 0.1) is 5.25 Å². The third kappa shape index (κ3) is 3.50. The van der Waals surface area contributed by atoms with E-state index in [0.717, 1.165) is 25.7 Å². The maximum atomic E-state index is 11.8. The molecule has 0 aromatic rings. The van der Waals surface area contributed by atoms with Crippen LogP contribution in [0.25, 0.3) is 0 Å². The standard InChI is InChI=1S/C14H28N2O2S/c1-11-5-3-7-13(10-15)16(11)12-6-4-8-14(9-12)19(2,17)18/h11-14H,3-10,15H2,1-2H3. The minimum Gasteiger partial charge on any atom is -0.329 e. The lowest BCUT2D eigenvalue weighted by molar-refractivity contribution is 0.0336. The van der Waals surface area contributed by atoms with Crippen LogP contribution in [0.3, 0.4) is 0 Å². The molecule has 2 fully saturated rings. The van der Waals surface area contributed by atoms with Crippen molar-refractivity contribution < 1.29 is 8.42 Å². The number of nitrogens with zero attached hydrogens (tertiary/aromatic N) is 1. The van der Waals surface area contributed by atoms with E-state index in [4.69, 9.17) is 5.73 Å². The summed E-state index contributed by atoms with van der Waals surface area (Å²) in [5.41, 5.74) is 5.92. The van der Waals surface area contributed by atoms with E-state index in [2.05, 4.69) is 11.8 Å². The van der Waals surface area contributed by atoms with Gasteiger partial charge in [-0.05, 0) is 39.0 Å². The monoisotopic (exact) mass is 288 g/mol. The minimum absolute atomic E-state index is 0.140. The molecule has 19 heavy (non-hydrogen) atoms. The fraction of sp³-hybridized carbons (Fsp3) is 1.00. The van der Waals surface area contributed by atoms with Crippen LogP contribution in [0.4, 0.5) is 0 Å². The first-order valence-corrected chi connectivity index (χ1v) is 9.55. The minimum atomic E-state index is -2.90. The number of sulfone groups is 1. The van der Waals surface area contributed by atoms with Crippen molar-refractivity contribution in [2.45, 2.75) is 75.2 Å². The summed E-state index contributed by atoms with van der Waals surface area (Å²) in [7, 11) is -2.90. The maximum Gasteiger partial charge on any atom is 0.150 e. The third-order valence-corrected chi connectivity index (χ3v) is 6.63. The topological polar surface area (TPSA) is 63.4 Å². The van der Waals surface area contributed by atoms with Gasteiger partial charge in [-0.25, -0.2) is 8.42 Å². The Labute approximate surface area is 117 Å². The van der Waals surface area contributed by atoms with Gasteiger partial charge in [0.15, 0.2) is 0 Å². The summed E-state index contributed by atoms with van der Waals surface area (Å²) in [6.45, 7) is 2.97. The Kier molecular flexibility index (Phi) is 4.90. The highest BCUT2D eigenvalue weighted by molar-refractivity contribution is 7.91. The second kappa shape index (κ2) is 6.10. The van der Waals surface area contributed by atoms with Crippen molar-refractivity contribution in [3.05, 3.63) is 0 Å². The van der Waals surface area contributed by atoms with Crippen LogP contribution in [-0.2, 0) is 9.84 Å². The Morgan fingerprint density at radius 1 is 1.16 bits per heavy atom. The van der Waals surface area contributed by atoms with Crippen molar-refractivity contribution in [3.8, 4) is 0 Å². The molecule has 2 aliphatic rings. The predicted octanol–water partition coefficient (Wildman–Crippen LogP) is 1.54. The Morgan fingerprint density at radius 3 is 2.47 bits per heavy atom. The van der Waals surface area contributed by atoms with Gasteiger partial charge in [-0.3, -0.25) is 4.90 Å². The average Bonchev–Trinajstić information content (AvgIpc) is 2.37. The van der Waals surface area contributed by atoms with Crippen LogP contribution in [0.5, 0.6) is 0 Å². The van der Waals surface area contributed by atoms with Gasteiger partial charge in [0.1, 0.15) is 9.84 Å². The number of hydrogen-bond donors (Lipinski definition) is 1. The number of rotatable bonds is 3. The van der Waals surface area contributed by atoms with E-state index >= 15 is 0 Å². The molecular weight excluding hydrogens is 260 g/mol. The summed E-state index contributed by atoms with van der Waals surface area (Å²) in [6, 6.07) is 1.41. The number of hydrogen-bond acceptors (Lipinski definition) is 4. The molecule has 1 aliphatic carbocycles. The Hall–Kier alpha value is -0.130. The van der Waals surface area contributed by atoms with Crippen LogP contribution in [-0.4, -0.2) is 49.5 Å². The van der Waals surface area contributed by atoms with Crippen LogP contribution < -0.4 is 5.73 Å². The molecule has 1 saturated heterocycles. The molecule has 0 spiro atoms. The van der Waals surface area contributed by atoms with E-state index in [1.54, 1.807) is 0 Å². The average molecular weight is 288 g/mol. The lowest BCUT2D eigenvalue weighted by Gasteiger charge is -2.47. The summed E-state index contributed by atoms with van der Waals surface area (Å²) in [6.07, 6.45) is 8.83. The highest BCUT2D eigenvalue weighted by Gasteiger charge is 2.37. The molecule has 4 atom stereocenters. The highest BCUT2D eigenvalue weighted by Crippen LogP contribution is 2.33. The SMILES string of the molecule is CC1CCCC(CN)N1C1CCCC(S(C)(=O)=O)C1. The predicted molar refractivity (Wildman–Crippen MR) is 78.9 cm³/mol. The summed E-state index contributed by atoms with van der Waals surface area (Å²) in [5.74, 6) is 0. The molecule has 4 nitrogen and oxygen atoms in total. The first kappa shape index (κ1) is 15.3. The second-order valence-corrected chi connectivity index (χ2v) is 8.71. The first-order chi connectivity index (χ1) is 8.93. The second-order valence-electron chi connectivity index (χ2n) is 6.39. The molecule has 112 valence electrons. The van der Waals surface area contributed by atoms with Gasteiger partial charge in [0.25, 0.3) is 0 Å². The molecule has 0 amide bonds. The van der Waals surface area contributed by atoms with Gasteiger partial charge in [-0.2, -0.15) is 0 Å². The normalized spacial score (nSPS) is 38.3. The van der Waals surface area contributed by atoms with E-state index in [1.807, 2.05) is 0 Å². The van der Waals surface area contributed by atoms with Crippen LogP contribution in [0.1, 0.15) is 51.9 Å². The van der Waals surface area contributed by atoms with Crippen molar-refractivity contribution in [2.75, 3.05) is 12.8 Å². The Morgan fingerprint density at radius 2 is 1.84 bits per heavy atom. The summed E-state index contributed by atoms with van der Waals surface area (Å²) in [5, 5.41) is -0.140. The van der Waals surface area contributed by atoms with Gasteiger partial charge in [-0.15, -0.1) is 0 Å². The van der Waals surface area contributed by atoms with Crippen LogP contribution in [0, 0.1) is 0 Å². The molecule has 0 bridgehead atoms. The molecule has 1 heterocycles. The quantitative estimate of drug-likeness (QED) is 0.856. The van der Waals surface area contributed by atoms with E-state index in [1.165, 1.54) is 25.5 Å². The number of likely N-dealkylation sites (tertiary alicyclic amines) is 1. The van der Waals surface area contributed by atoms with Gasteiger partial charge in [-0.1, -0.05) is 12.8 Å². The van der Waals surface area contributed by atoms with Crippen molar-refractivity contribution in [1.29, 1.82) is 0 Å². The van der Waals surface area contributed by atoms with E-state index in [9.17, 15) is 8.42 Å². The molecule has 0 aromatic carbocycles. The van der Waals surface area contributed by atoms with Gasteiger partial charge in [0, 0.05) is 30.9 Å². The molecule has 2 rings (SSSR count). The largest absolute Gasteiger partial charge is 0.329 e. The van der Waals surface area contributed by atoms with Gasteiger partial charge < -0.3 is 5.73 Å². The molecule has 2 N–H and O–H groups in total. The zero-order valence-corrected chi connectivity index (χ0v) is 13.0. The fourth-order valence-corrected chi connectivity index (χ4v) is 5.15. The van der Waals surface area contributed by atoms with E-state index in [-0.39, 0.29) is 5.25 Å². The van der Waals surface area contributed by atoms with Crippen LogP contribution >= 0.6 is 0 Å². The summed E-state index contributed by atoms with van der Waals surface area (Å²) >= 11 is 0. The molecule has 5 heteroatoms. The Bertz CT molecular complexity index is 396. The molecule has 1 aliphatic heterocycles. The molecule has 0 aromatic heterocycles. The van der Waals surface area contributed by atoms with Crippen LogP contribution in [0.2, 0.25) is 0 Å². The maximum absolute atomic E-state index is 11.8. The van der Waals surface area contributed by atoms with Crippen molar-refractivity contribution in [3.63, 3.8) is 0 Å². The molecule has 1 saturated carbocycles. The van der Waals surface area contributed by atoms with Crippen molar-refractivity contribution >= 4 is 9.84 Å². The molecular formula is C14H28N2O2S. The number of nitrogens with two attached hydrogens (primary N) is 1. The lowest BCUT2D eigenvalue weighted by atomic mass is 9.87. The summed E-state index contributed by atoms with van der Waals surface area (Å²) in [4.78, 5) is 2.54. The Balaban J connectivity index is 2.10. The van der Waals surface area contributed by atoms with Gasteiger partial charge in [0.2, 0.25) is 0 Å². The molecule has 0 radical (unpaired) electrons. The summed E-state index contributed by atoms with van der Waals surface area (Å²) < 4.78 is 23.6.